The van der Waals surface area contributed by atoms with E-state index in [1.54, 1.807) is 0 Å². The lowest BCUT2D eigenvalue weighted by atomic mass is 10.1. The topological polar surface area (TPSA) is 0 Å². The van der Waals surface area contributed by atoms with E-state index < -0.39 is 0 Å². The molecule has 0 radical (unpaired) electrons. The lowest BCUT2D eigenvalue weighted by molar-refractivity contribution is 1.11. The number of benzene rings is 1. The third-order valence-corrected chi connectivity index (χ3v) is 1.99. The zero-order valence-corrected chi connectivity index (χ0v) is 8.69. The van der Waals surface area contributed by atoms with Crippen molar-refractivity contribution in [2.24, 2.45) is 0 Å². The lowest BCUT2D eigenvalue weighted by Gasteiger charge is -2.01. The van der Waals surface area contributed by atoms with Crippen LogP contribution in [-0.4, -0.2) is 4.29 Å². The Morgan fingerprint density at radius 1 is 1.36 bits per heavy atom. The average Bonchev–Trinajstić information content (AvgIpc) is 1.93. The highest BCUT2D eigenvalue weighted by Gasteiger charge is 1.99. The first-order valence-electron chi connectivity index (χ1n) is 3.52. The normalized spacial score (nSPS) is 13.0. The minimum atomic E-state index is 0.0465. The predicted molar refractivity (Wildman–Crippen MR) is 53.5 cm³/mol. The minimum Gasteiger partial charge on any atom is -0.110 e. The van der Waals surface area contributed by atoms with Gasteiger partial charge in [0.2, 0.25) is 0 Å². The summed E-state index contributed by atoms with van der Waals surface area (Å²) >= 11 is 9.06. The van der Waals surface area contributed by atoms with Crippen molar-refractivity contribution in [1.82, 2.24) is 0 Å². The van der Waals surface area contributed by atoms with Crippen molar-refractivity contribution in [1.29, 1.82) is 0 Å². The standard InChI is InChI=1S/C9H10BrCl/c1-7-2-4-8(5-3-7)6-9(10)11/h2-5,9H,6H2,1H3. The van der Waals surface area contributed by atoms with E-state index in [0.29, 0.717) is 0 Å². The summed E-state index contributed by atoms with van der Waals surface area (Å²) in [5, 5.41) is 0. The molecule has 0 aliphatic rings. The van der Waals surface area contributed by atoms with Gasteiger partial charge in [-0.05, 0) is 18.9 Å². The Balaban J connectivity index is 2.66. The molecule has 2 heteroatoms. The fourth-order valence-electron chi connectivity index (χ4n) is 0.902. The number of aryl methyl sites for hydroxylation is 1. The maximum atomic E-state index is 5.77. The summed E-state index contributed by atoms with van der Waals surface area (Å²) in [4.78, 5) is 0. The van der Waals surface area contributed by atoms with Crippen LogP contribution in [0.5, 0.6) is 0 Å². The summed E-state index contributed by atoms with van der Waals surface area (Å²) in [6.45, 7) is 2.08. The molecular formula is C9H10BrCl. The highest BCUT2D eigenvalue weighted by Crippen LogP contribution is 2.13. The largest absolute Gasteiger partial charge is 0.110 e. The van der Waals surface area contributed by atoms with Crippen molar-refractivity contribution in [3.05, 3.63) is 35.4 Å². The summed E-state index contributed by atoms with van der Waals surface area (Å²) in [6.07, 6.45) is 0.877. The SMILES string of the molecule is Cc1ccc(CC(Cl)Br)cc1. The van der Waals surface area contributed by atoms with Crippen LogP contribution in [0.15, 0.2) is 24.3 Å². The smallest absolute Gasteiger partial charge is 0.0926 e. The summed E-state index contributed by atoms with van der Waals surface area (Å²) < 4.78 is 0.0465. The van der Waals surface area contributed by atoms with Crippen LogP contribution in [0.3, 0.4) is 0 Å². The third kappa shape index (κ3) is 3.26. The van der Waals surface area contributed by atoms with Crippen molar-refractivity contribution in [3.63, 3.8) is 0 Å². The molecule has 1 aromatic rings. The Hall–Kier alpha value is -0.0100. The highest BCUT2D eigenvalue weighted by atomic mass is 79.9. The van der Waals surface area contributed by atoms with Crippen LogP contribution < -0.4 is 0 Å². The van der Waals surface area contributed by atoms with Gasteiger partial charge in [-0.2, -0.15) is 0 Å². The molecule has 1 aromatic carbocycles. The van der Waals surface area contributed by atoms with Crippen LogP contribution in [0.4, 0.5) is 0 Å². The Kier molecular flexibility index (Phi) is 3.41. The van der Waals surface area contributed by atoms with Gasteiger partial charge in [0.1, 0.15) is 0 Å². The molecule has 11 heavy (non-hydrogen) atoms. The molecule has 0 bridgehead atoms. The number of rotatable bonds is 2. The fraction of sp³-hybridized carbons (Fsp3) is 0.333. The van der Waals surface area contributed by atoms with E-state index >= 15 is 0 Å². The molecule has 0 aromatic heterocycles. The van der Waals surface area contributed by atoms with Gasteiger partial charge in [0.25, 0.3) is 0 Å². The summed E-state index contributed by atoms with van der Waals surface area (Å²) in [5.41, 5.74) is 2.56. The van der Waals surface area contributed by atoms with Gasteiger partial charge in [-0.1, -0.05) is 45.8 Å². The second-order valence-corrected chi connectivity index (χ2v) is 4.74. The van der Waals surface area contributed by atoms with Crippen LogP contribution in [0.1, 0.15) is 11.1 Å². The Morgan fingerprint density at radius 2 is 1.91 bits per heavy atom. The monoisotopic (exact) mass is 232 g/mol. The average molecular weight is 234 g/mol. The van der Waals surface area contributed by atoms with Gasteiger partial charge >= 0.3 is 0 Å². The molecule has 0 spiro atoms. The van der Waals surface area contributed by atoms with Crippen molar-refractivity contribution in [3.8, 4) is 0 Å². The molecule has 60 valence electrons. The van der Waals surface area contributed by atoms with Gasteiger partial charge in [0.05, 0.1) is 4.29 Å². The molecule has 0 saturated heterocycles. The van der Waals surface area contributed by atoms with Crippen LogP contribution >= 0.6 is 27.5 Å². The first-order chi connectivity index (χ1) is 5.18. The molecule has 0 N–H and O–H groups in total. The molecule has 1 unspecified atom stereocenters. The quantitative estimate of drug-likeness (QED) is 0.686. The van der Waals surface area contributed by atoms with E-state index in [9.17, 15) is 0 Å². The Morgan fingerprint density at radius 3 is 2.36 bits per heavy atom. The van der Waals surface area contributed by atoms with Crippen LogP contribution in [0.2, 0.25) is 0 Å². The van der Waals surface area contributed by atoms with E-state index in [-0.39, 0.29) is 4.29 Å². The third-order valence-electron chi connectivity index (χ3n) is 1.51. The Labute approximate surface area is 80.7 Å². The highest BCUT2D eigenvalue weighted by molar-refractivity contribution is 9.10. The summed E-state index contributed by atoms with van der Waals surface area (Å²) in [6, 6.07) is 8.40. The van der Waals surface area contributed by atoms with Crippen LogP contribution in [0, 0.1) is 6.92 Å². The maximum Gasteiger partial charge on any atom is 0.0926 e. The Bertz CT molecular complexity index is 216. The van der Waals surface area contributed by atoms with Gasteiger partial charge < -0.3 is 0 Å². The first kappa shape index (κ1) is 9.08. The zero-order valence-electron chi connectivity index (χ0n) is 6.35. The fourth-order valence-corrected chi connectivity index (χ4v) is 1.45. The van der Waals surface area contributed by atoms with Gasteiger partial charge in [0, 0.05) is 0 Å². The van der Waals surface area contributed by atoms with E-state index in [0.717, 1.165) is 6.42 Å². The molecule has 0 aliphatic heterocycles. The maximum absolute atomic E-state index is 5.77. The molecule has 0 heterocycles. The molecule has 1 rings (SSSR count). The van der Waals surface area contributed by atoms with E-state index in [2.05, 4.69) is 47.1 Å². The second kappa shape index (κ2) is 4.13. The molecule has 0 nitrogen and oxygen atoms in total. The molecular weight excluding hydrogens is 223 g/mol. The number of halogens is 2. The van der Waals surface area contributed by atoms with Gasteiger partial charge in [-0.25, -0.2) is 0 Å². The summed E-state index contributed by atoms with van der Waals surface area (Å²) in [7, 11) is 0. The molecule has 0 saturated carbocycles. The van der Waals surface area contributed by atoms with Crippen molar-refractivity contribution in [2.75, 3.05) is 0 Å². The zero-order chi connectivity index (χ0) is 8.27. The van der Waals surface area contributed by atoms with E-state index in [1.807, 2.05) is 0 Å². The van der Waals surface area contributed by atoms with Crippen LogP contribution in [-0.2, 0) is 6.42 Å². The minimum absolute atomic E-state index is 0.0465. The number of hydrogen-bond acceptors (Lipinski definition) is 0. The second-order valence-electron chi connectivity index (χ2n) is 2.58. The molecule has 1 atom stereocenters. The predicted octanol–water partition coefficient (Wildman–Crippen LogP) is 3.50. The first-order valence-corrected chi connectivity index (χ1v) is 4.87. The van der Waals surface area contributed by atoms with E-state index in [4.69, 9.17) is 11.6 Å². The van der Waals surface area contributed by atoms with E-state index in [1.165, 1.54) is 11.1 Å². The van der Waals surface area contributed by atoms with Gasteiger partial charge in [-0.15, -0.1) is 11.6 Å². The number of alkyl halides is 2. The van der Waals surface area contributed by atoms with Gasteiger partial charge in [-0.3, -0.25) is 0 Å². The van der Waals surface area contributed by atoms with Crippen molar-refractivity contribution in [2.45, 2.75) is 17.6 Å². The molecule has 0 amide bonds. The van der Waals surface area contributed by atoms with Gasteiger partial charge in [0.15, 0.2) is 0 Å². The lowest BCUT2D eigenvalue weighted by Crippen LogP contribution is -1.92. The molecule has 0 aliphatic carbocycles. The molecule has 0 fully saturated rings. The number of hydrogen-bond donors (Lipinski definition) is 0. The summed E-state index contributed by atoms with van der Waals surface area (Å²) in [5.74, 6) is 0. The van der Waals surface area contributed by atoms with Crippen molar-refractivity contribution < 1.29 is 0 Å². The van der Waals surface area contributed by atoms with Crippen molar-refractivity contribution >= 4 is 27.5 Å². The van der Waals surface area contributed by atoms with Crippen LogP contribution in [0.25, 0.3) is 0 Å².